The molecule has 9 heteroatoms. The van der Waals surface area contributed by atoms with E-state index < -0.39 is 17.9 Å². The minimum Gasteiger partial charge on any atom is -1.00 e. The van der Waals surface area contributed by atoms with Crippen LogP contribution in [-0.4, -0.2) is 43.3 Å². The van der Waals surface area contributed by atoms with Crippen LogP contribution in [0.5, 0.6) is 0 Å². The van der Waals surface area contributed by atoms with Crippen LogP contribution in [0.1, 0.15) is 48.6 Å². The molecular weight excluding hydrogens is 488 g/mol. The van der Waals surface area contributed by atoms with E-state index in [9.17, 15) is 14.7 Å². The van der Waals surface area contributed by atoms with Crippen molar-refractivity contribution in [2.75, 3.05) is 20.3 Å². The topological polar surface area (TPSA) is 84.9 Å². The molecule has 2 atom stereocenters. The second-order valence-electron chi connectivity index (χ2n) is 7.89. The number of carboxylic acids is 1. The van der Waals surface area contributed by atoms with Crippen LogP contribution in [0.3, 0.4) is 0 Å². The van der Waals surface area contributed by atoms with Crippen molar-refractivity contribution in [2.45, 2.75) is 37.3 Å². The summed E-state index contributed by atoms with van der Waals surface area (Å²) in [7, 11) is 1.73. The first-order chi connectivity index (χ1) is 15.9. The number of hydrogen-bond donors (Lipinski definition) is 2. The molecule has 2 unspecified atom stereocenters. The number of carboxylic acid groups (broad SMARTS) is 1. The number of ether oxygens (including phenoxy) is 2. The van der Waals surface area contributed by atoms with E-state index in [0.717, 1.165) is 37.0 Å². The number of nitrogens with one attached hydrogen (secondary N) is 1. The maximum absolute atomic E-state index is 12.5. The number of rotatable bonds is 8. The number of carbonyl (C=O) groups is 2. The number of aliphatic carboxylic acids is 1. The zero-order chi connectivity index (χ0) is 23.8. The standard InChI is InChI=1S/C25H27Cl2NO5.Na.H/c1-32-25(13-4-15-33-16-14-25)18-11-9-17(10-12-18)5-2-8-21(24(30)31)28-23(29)22-19(26)6-3-7-20(22)27;;/h2-3,5-7,9-12,21H,4,8,13-16H2,1H3,(H,28,29)(H,30,31);;/q;+1;-1. The van der Waals surface area contributed by atoms with Gasteiger partial charge in [0.1, 0.15) is 6.04 Å². The van der Waals surface area contributed by atoms with Crippen molar-refractivity contribution in [3.05, 3.63) is 75.3 Å². The van der Waals surface area contributed by atoms with E-state index in [0.29, 0.717) is 6.61 Å². The van der Waals surface area contributed by atoms with Gasteiger partial charge in [0.25, 0.3) is 5.91 Å². The van der Waals surface area contributed by atoms with E-state index in [1.807, 2.05) is 30.3 Å². The molecule has 1 heterocycles. The first kappa shape index (κ1) is 28.9. The van der Waals surface area contributed by atoms with Gasteiger partial charge in [-0.05, 0) is 42.5 Å². The summed E-state index contributed by atoms with van der Waals surface area (Å²) in [5.74, 6) is -1.78. The quantitative estimate of drug-likeness (QED) is 0.527. The molecule has 3 rings (SSSR count). The Hall–Kier alpha value is -1.38. The number of benzene rings is 2. The summed E-state index contributed by atoms with van der Waals surface area (Å²) in [5.41, 5.74) is 1.72. The van der Waals surface area contributed by atoms with Gasteiger partial charge in [-0.25, -0.2) is 4.79 Å². The van der Waals surface area contributed by atoms with E-state index in [-0.39, 0.29) is 58.6 Å². The Labute approximate surface area is 233 Å². The largest absolute Gasteiger partial charge is 1.00 e. The summed E-state index contributed by atoms with van der Waals surface area (Å²) >= 11 is 12.1. The van der Waals surface area contributed by atoms with Gasteiger partial charge in [-0.1, -0.05) is 65.7 Å². The molecule has 0 aromatic heterocycles. The van der Waals surface area contributed by atoms with Crippen molar-refractivity contribution in [3.8, 4) is 0 Å². The Bertz CT molecular complexity index is 991. The van der Waals surface area contributed by atoms with E-state index in [4.69, 9.17) is 32.7 Å². The molecule has 0 saturated carbocycles. The third kappa shape index (κ3) is 7.31. The van der Waals surface area contributed by atoms with Gasteiger partial charge in [0, 0.05) is 26.7 Å². The average molecular weight is 516 g/mol. The van der Waals surface area contributed by atoms with Crippen LogP contribution in [0.15, 0.2) is 48.5 Å². The maximum Gasteiger partial charge on any atom is 1.00 e. The van der Waals surface area contributed by atoms with Gasteiger partial charge in [0.2, 0.25) is 0 Å². The normalized spacial score (nSPS) is 19.1. The molecule has 6 nitrogen and oxygen atoms in total. The molecule has 1 saturated heterocycles. The minimum atomic E-state index is -1.15. The molecule has 1 aliphatic rings. The Kier molecular flexibility index (Phi) is 11.6. The second kappa shape index (κ2) is 13.6. The van der Waals surface area contributed by atoms with Crippen molar-refractivity contribution in [1.29, 1.82) is 0 Å². The van der Waals surface area contributed by atoms with Crippen LogP contribution in [0, 0.1) is 0 Å². The van der Waals surface area contributed by atoms with E-state index in [1.165, 1.54) is 12.1 Å². The van der Waals surface area contributed by atoms with Gasteiger partial charge in [-0.3, -0.25) is 4.79 Å². The summed E-state index contributed by atoms with van der Waals surface area (Å²) in [6.07, 6.45) is 6.28. The molecule has 1 amide bonds. The molecule has 178 valence electrons. The van der Waals surface area contributed by atoms with Crippen LogP contribution in [0.4, 0.5) is 0 Å². The number of amides is 1. The smallest absolute Gasteiger partial charge is 1.00 e. The molecular formula is C25H28Cl2NNaO5. The van der Waals surface area contributed by atoms with Crippen molar-refractivity contribution >= 4 is 41.2 Å². The van der Waals surface area contributed by atoms with E-state index >= 15 is 0 Å². The molecule has 2 N–H and O–H groups in total. The van der Waals surface area contributed by atoms with Crippen LogP contribution in [-0.2, 0) is 19.9 Å². The van der Waals surface area contributed by atoms with Crippen LogP contribution in [0.2, 0.25) is 10.0 Å². The fraction of sp³-hybridized carbons (Fsp3) is 0.360. The predicted molar refractivity (Wildman–Crippen MR) is 130 cm³/mol. The van der Waals surface area contributed by atoms with Crippen molar-refractivity contribution in [1.82, 2.24) is 5.32 Å². The van der Waals surface area contributed by atoms with Gasteiger partial charge in [0.05, 0.1) is 21.2 Å². The SMILES string of the molecule is COC1(c2ccc(C=CCC(NC(=O)c3c(Cl)cccc3Cl)C(=O)O)cc2)CCCOCC1.[H-].[Na+]. The molecule has 2 aromatic rings. The summed E-state index contributed by atoms with van der Waals surface area (Å²) < 4.78 is 11.5. The Morgan fingerprint density at radius 3 is 2.47 bits per heavy atom. The summed E-state index contributed by atoms with van der Waals surface area (Å²) in [6.45, 7) is 1.41. The van der Waals surface area contributed by atoms with Crippen molar-refractivity contribution in [2.24, 2.45) is 0 Å². The Morgan fingerprint density at radius 1 is 1.18 bits per heavy atom. The second-order valence-corrected chi connectivity index (χ2v) is 8.70. The van der Waals surface area contributed by atoms with E-state index in [1.54, 1.807) is 19.3 Å². The Morgan fingerprint density at radius 2 is 1.85 bits per heavy atom. The predicted octanol–water partition coefficient (Wildman–Crippen LogP) is 2.44. The fourth-order valence-corrected chi connectivity index (χ4v) is 4.51. The molecule has 1 fully saturated rings. The Balaban J connectivity index is 0.00000306. The molecule has 0 spiro atoms. The van der Waals surface area contributed by atoms with Crippen molar-refractivity contribution in [3.63, 3.8) is 0 Å². The minimum absolute atomic E-state index is 0. The fourth-order valence-electron chi connectivity index (χ4n) is 3.94. The van der Waals surface area contributed by atoms with Crippen LogP contribution in [0.25, 0.3) is 6.08 Å². The van der Waals surface area contributed by atoms with Gasteiger partial charge in [-0.15, -0.1) is 0 Å². The number of carbonyl (C=O) groups excluding carboxylic acids is 1. The van der Waals surface area contributed by atoms with Crippen LogP contribution >= 0.6 is 23.2 Å². The molecule has 2 aromatic carbocycles. The summed E-state index contributed by atoms with van der Waals surface area (Å²) in [6, 6.07) is 11.5. The summed E-state index contributed by atoms with van der Waals surface area (Å²) in [5, 5.41) is 12.3. The first-order valence-electron chi connectivity index (χ1n) is 10.7. The third-order valence-corrected chi connectivity index (χ3v) is 6.45. The number of hydrogen-bond acceptors (Lipinski definition) is 4. The molecule has 0 aliphatic carbocycles. The zero-order valence-corrected chi connectivity index (χ0v) is 22.9. The van der Waals surface area contributed by atoms with Gasteiger partial charge >= 0.3 is 35.5 Å². The third-order valence-electron chi connectivity index (χ3n) is 5.82. The maximum atomic E-state index is 12.5. The molecule has 0 bridgehead atoms. The summed E-state index contributed by atoms with van der Waals surface area (Å²) in [4.78, 5) is 24.2. The number of methoxy groups -OCH3 is 1. The zero-order valence-electron chi connectivity index (χ0n) is 20.4. The molecule has 1 aliphatic heterocycles. The molecule has 0 radical (unpaired) electrons. The first-order valence-corrected chi connectivity index (χ1v) is 11.5. The van der Waals surface area contributed by atoms with Gasteiger partial charge in [0.15, 0.2) is 0 Å². The van der Waals surface area contributed by atoms with Crippen molar-refractivity contribution < 1.29 is 55.2 Å². The van der Waals surface area contributed by atoms with E-state index in [2.05, 4.69) is 5.32 Å². The molecule has 34 heavy (non-hydrogen) atoms. The van der Waals surface area contributed by atoms with Gasteiger partial charge < -0.3 is 21.3 Å². The average Bonchev–Trinajstić information content (AvgIpc) is 3.05. The monoisotopic (exact) mass is 515 g/mol. The van der Waals surface area contributed by atoms with Gasteiger partial charge in [-0.2, -0.15) is 0 Å². The van der Waals surface area contributed by atoms with Crippen LogP contribution < -0.4 is 34.9 Å². The number of halogens is 2.